The summed E-state index contributed by atoms with van der Waals surface area (Å²) in [4.78, 5) is 11.2. The summed E-state index contributed by atoms with van der Waals surface area (Å²) >= 11 is 0. The van der Waals surface area contributed by atoms with Crippen LogP contribution in [-0.2, 0) is 14.3 Å². The third kappa shape index (κ3) is 3.27. The van der Waals surface area contributed by atoms with E-state index in [1.807, 2.05) is 6.92 Å². The van der Waals surface area contributed by atoms with Gasteiger partial charge in [0.15, 0.2) is 0 Å². The number of nitrogens with one attached hydrogen (secondary N) is 1. The molecule has 0 bridgehead atoms. The lowest BCUT2D eigenvalue weighted by Crippen LogP contribution is -2.41. The smallest absolute Gasteiger partial charge is 0.322 e. The Kier molecular flexibility index (Phi) is 4.90. The minimum Gasteiger partial charge on any atom is -0.468 e. The average molecular weight is 201 g/mol. The van der Waals surface area contributed by atoms with Crippen molar-refractivity contribution in [2.45, 2.75) is 38.3 Å². The van der Waals surface area contributed by atoms with Crippen LogP contribution in [0.15, 0.2) is 0 Å². The van der Waals surface area contributed by atoms with Crippen LogP contribution in [0.2, 0.25) is 0 Å². The minimum absolute atomic E-state index is 0.189. The molecule has 2 atom stereocenters. The van der Waals surface area contributed by atoms with Crippen LogP contribution in [0.5, 0.6) is 0 Å². The van der Waals surface area contributed by atoms with Gasteiger partial charge in [0, 0.05) is 13.2 Å². The summed E-state index contributed by atoms with van der Waals surface area (Å²) in [6.07, 6.45) is 3.24. The first-order chi connectivity index (χ1) is 6.77. The van der Waals surface area contributed by atoms with Gasteiger partial charge in [0.05, 0.1) is 13.2 Å². The van der Waals surface area contributed by atoms with Crippen molar-refractivity contribution >= 4 is 5.97 Å². The molecule has 0 spiro atoms. The Morgan fingerprint density at radius 2 is 2.50 bits per heavy atom. The highest BCUT2D eigenvalue weighted by Crippen LogP contribution is 2.11. The van der Waals surface area contributed by atoms with Crippen LogP contribution in [0.25, 0.3) is 0 Å². The Hall–Kier alpha value is -0.610. The third-order valence-electron chi connectivity index (χ3n) is 2.51. The summed E-state index contributed by atoms with van der Waals surface area (Å²) in [5.74, 6) is -0.189. The quantitative estimate of drug-likeness (QED) is 0.665. The predicted molar refractivity (Wildman–Crippen MR) is 53.1 cm³/mol. The highest BCUT2D eigenvalue weighted by Gasteiger charge is 2.20. The lowest BCUT2D eigenvalue weighted by Gasteiger charge is -2.17. The van der Waals surface area contributed by atoms with E-state index < -0.39 is 0 Å². The summed E-state index contributed by atoms with van der Waals surface area (Å²) in [6.45, 7) is 3.55. The first kappa shape index (κ1) is 11.5. The average Bonchev–Trinajstić information content (AvgIpc) is 2.71. The van der Waals surface area contributed by atoms with Crippen LogP contribution < -0.4 is 5.32 Å². The Morgan fingerprint density at radius 3 is 3.00 bits per heavy atom. The number of rotatable bonds is 5. The van der Waals surface area contributed by atoms with Crippen LogP contribution >= 0.6 is 0 Å². The van der Waals surface area contributed by atoms with Gasteiger partial charge in [-0.2, -0.15) is 0 Å². The van der Waals surface area contributed by atoms with Gasteiger partial charge in [0.2, 0.25) is 0 Å². The maximum Gasteiger partial charge on any atom is 0.322 e. The van der Waals surface area contributed by atoms with E-state index in [9.17, 15) is 4.79 Å². The fourth-order valence-electron chi connectivity index (χ4n) is 1.62. The Bertz CT molecular complexity index is 178. The first-order valence-corrected chi connectivity index (χ1v) is 5.20. The topological polar surface area (TPSA) is 47.6 Å². The molecular weight excluding hydrogens is 182 g/mol. The number of hydrogen-bond donors (Lipinski definition) is 1. The highest BCUT2D eigenvalue weighted by molar-refractivity contribution is 5.75. The van der Waals surface area contributed by atoms with Crippen molar-refractivity contribution in [2.24, 2.45) is 0 Å². The maximum absolute atomic E-state index is 11.2. The van der Waals surface area contributed by atoms with Gasteiger partial charge in [0.1, 0.15) is 6.04 Å². The molecule has 0 aromatic heterocycles. The molecule has 0 saturated carbocycles. The molecule has 0 aliphatic carbocycles. The number of hydrogen-bond acceptors (Lipinski definition) is 4. The number of carbonyl (C=O) groups is 1. The zero-order valence-corrected chi connectivity index (χ0v) is 8.91. The van der Waals surface area contributed by atoms with Crippen molar-refractivity contribution in [1.82, 2.24) is 5.32 Å². The van der Waals surface area contributed by atoms with Gasteiger partial charge >= 0.3 is 5.97 Å². The molecule has 1 heterocycles. The standard InChI is InChI=1S/C10H19NO3/c1-3-9(10(12)13-2)11-7-8-5-4-6-14-8/h8-9,11H,3-7H2,1-2H3/t8-,9+/m1/s1. The fraction of sp³-hybridized carbons (Fsp3) is 0.900. The van der Waals surface area contributed by atoms with E-state index >= 15 is 0 Å². The molecule has 0 amide bonds. The minimum atomic E-state index is -0.191. The Labute approximate surface area is 85.0 Å². The molecule has 1 aliphatic rings. The zero-order chi connectivity index (χ0) is 10.4. The van der Waals surface area contributed by atoms with Gasteiger partial charge in [-0.1, -0.05) is 6.92 Å². The van der Waals surface area contributed by atoms with Crippen molar-refractivity contribution < 1.29 is 14.3 Å². The molecule has 0 aromatic carbocycles. The van der Waals surface area contributed by atoms with Crippen molar-refractivity contribution in [3.05, 3.63) is 0 Å². The molecule has 1 N–H and O–H groups in total. The molecule has 4 nitrogen and oxygen atoms in total. The van der Waals surface area contributed by atoms with E-state index in [2.05, 4.69) is 10.1 Å². The number of carbonyl (C=O) groups excluding carboxylic acids is 1. The number of esters is 1. The predicted octanol–water partition coefficient (Wildman–Crippen LogP) is 0.707. The summed E-state index contributed by atoms with van der Waals surface area (Å²) in [5.41, 5.74) is 0. The van der Waals surface area contributed by atoms with E-state index in [4.69, 9.17) is 4.74 Å². The van der Waals surface area contributed by atoms with Crippen molar-refractivity contribution in [3.63, 3.8) is 0 Å². The largest absolute Gasteiger partial charge is 0.468 e. The van der Waals surface area contributed by atoms with Gasteiger partial charge in [-0.05, 0) is 19.3 Å². The Balaban J connectivity index is 2.22. The molecule has 0 unspecified atom stereocenters. The monoisotopic (exact) mass is 201 g/mol. The molecular formula is C10H19NO3. The zero-order valence-electron chi connectivity index (χ0n) is 8.91. The van der Waals surface area contributed by atoms with Crippen LogP contribution in [0.1, 0.15) is 26.2 Å². The van der Waals surface area contributed by atoms with Crippen molar-refractivity contribution in [3.8, 4) is 0 Å². The third-order valence-corrected chi connectivity index (χ3v) is 2.51. The summed E-state index contributed by atoms with van der Waals surface area (Å²) in [5, 5.41) is 3.16. The van der Waals surface area contributed by atoms with E-state index in [1.165, 1.54) is 7.11 Å². The second kappa shape index (κ2) is 5.98. The second-order valence-corrected chi connectivity index (χ2v) is 3.53. The highest BCUT2D eigenvalue weighted by atomic mass is 16.5. The van der Waals surface area contributed by atoms with Crippen LogP contribution in [0.4, 0.5) is 0 Å². The van der Waals surface area contributed by atoms with Gasteiger partial charge in [-0.3, -0.25) is 4.79 Å². The van der Waals surface area contributed by atoms with Crippen LogP contribution in [0.3, 0.4) is 0 Å². The summed E-state index contributed by atoms with van der Waals surface area (Å²) in [6, 6.07) is -0.191. The van der Waals surface area contributed by atoms with Crippen molar-refractivity contribution in [2.75, 3.05) is 20.3 Å². The summed E-state index contributed by atoms with van der Waals surface area (Å²) in [7, 11) is 1.42. The number of ether oxygens (including phenoxy) is 2. The number of methoxy groups -OCH3 is 1. The lowest BCUT2D eigenvalue weighted by atomic mass is 10.2. The van der Waals surface area contributed by atoms with Crippen LogP contribution in [-0.4, -0.2) is 38.4 Å². The van der Waals surface area contributed by atoms with Gasteiger partial charge in [0.25, 0.3) is 0 Å². The fourth-order valence-corrected chi connectivity index (χ4v) is 1.62. The summed E-state index contributed by atoms with van der Waals surface area (Å²) < 4.78 is 10.1. The van der Waals surface area contributed by atoms with E-state index in [-0.39, 0.29) is 18.1 Å². The molecule has 14 heavy (non-hydrogen) atoms. The second-order valence-electron chi connectivity index (χ2n) is 3.53. The van der Waals surface area contributed by atoms with E-state index in [1.54, 1.807) is 0 Å². The molecule has 0 aromatic rings. The van der Waals surface area contributed by atoms with E-state index in [0.717, 1.165) is 32.4 Å². The molecule has 1 rings (SSSR count). The van der Waals surface area contributed by atoms with Crippen LogP contribution in [0, 0.1) is 0 Å². The molecule has 82 valence electrons. The first-order valence-electron chi connectivity index (χ1n) is 5.20. The Morgan fingerprint density at radius 1 is 1.71 bits per heavy atom. The normalized spacial score (nSPS) is 23.4. The molecule has 4 heteroatoms. The molecule has 1 saturated heterocycles. The van der Waals surface area contributed by atoms with Crippen molar-refractivity contribution in [1.29, 1.82) is 0 Å². The molecule has 1 aliphatic heterocycles. The molecule has 0 radical (unpaired) electrons. The van der Waals surface area contributed by atoms with Gasteiger partial charge < -0.3 is 14.8 Å². The van der Waals surface area contributed by atoms with Gasteiger partial charge in [-0.25, -0.2) is 0 Å². The molecule has 1 fully saturated rings. The van der Waals surface area contributed by atoms with Gasteiger partial charge in [-0.15, -0.1) is 0 Å². The van der Waals surface area contributed by atoms with E-state index in [0.29, 0.717) is 0 Å². The maximum atomic E-state index is 11.2. The lowest BCUT2D eigenvalue weighted by molar-refractivity contribution is -0.143. The SMILES string of the molecule is CC[C@H](NC[C@H]1CCCO1)C(=O)OC.